The molecule has 0 aliphatic heterocycles. The fraction of sp³-hybridized carbons (Fsp3) is 0.381. The molecule has 0 unspecified atom stereocenters. The van der Waals surface area contributed by atoms with Crippen molar-refractivity contribution in [1.29, 1.82) is 0 Å². The maximum absolute atomic E-state index is 14.3. The second kappa shape index (κ2) is 9.65. The van der Waals surface area contributed by atoms with Crippen molar-refractivity contribution >= 4 is 39.9 Å². The fourth-order valence-corrected chi connectivity index (χ4v) is 3.84. The summed E-state index contributed by atoms with van der Waals surface area (Å²) in [7, 11) is 0. The Morgan fingerprint density at radius 3 is 2.59 bits per heavy atom. The fourth-order valence-electron chi connectivity index (χ4n) is 3.38. The van der Waals surface area contributed by atoms with Gasteiger partial charge in [-0.3, -0.25) is 0 Å². The Morgan fingerprint density at radius 1 is 1.17 bits per heavy atom. The van der Waals surface area contributed by atoms with Crippen molar-refractivity contribution in [2.75, 3.05) is 24.6 Å². The minimum Gasteiger partial charge on any atom is -0.484 e. The minimum atomic E-state index is -0.334. The van der Waals surface area contributed by atoms with Crippen molar-refractivity contribution in [2.45, 2.75) is 33.4 Å². The minimum absolute atomic E-state index is 0.0464. The van der Waals surface area contributed by atoms with Crippen LogP contribution in [-0.2, 0) is 13.2 Å². The molecule has 0 bridgehead atoms. The van der Waals surface area contributed by atoms with E-state index in [9.17, 15) is 9.50 Å². The molecule has 0 amide bonds. The van der Waals surface area contributed by atoms with Crippen molar-refractivity contribution in [3.63, 3.8) is 0 Å². The molecule has 0 saturated carbocycles. The van der Waals surface area contributed by atoms with Gasteiger partial charge in [0.05, 0.1) is 21.7 Å². The molecule has 8 heteroatoms. The zero-order valence-electron chi connectivity index (χ0n) is 16.5. The summed E-state index contributed by atoms with van der Waals surface area (Å²) < 4.78 is 22.1. The second-order valence-electron chi connectivity index (χ2n) is 6.59. The average Bonchev–Trinajstić information content (AvgIpc) is 3.03. The largest absolute Gasteiger partial charge is 0.484 e. The number of aliphatic hydroxyl groups excluding tert-OH is 1. The van der Waals surface area contributed by atoms with Crippen LogP contribution in [-0.4, -0.2) is 34.4 Å². The Morgan fingerprint density at radius 2 is 1.93 bits per heavy atom. The third-order valence-electron chi connectivity index (χ3n) is 4.76. The normalized spacial score (nSPS) is 11.2. The summed E-state index contributed by atoms with van der Waals surface area (Å²) in [5, 5.41) is 10.3. The van der Waals surface area contributed by atoms with E-state index in [2.05, 4.69) is 9.88 Å². The van der Waals surface area contributed by atoms with Crippen LogP contribution in [0.4, 0.5) is 10.1 Å². The van der Waals surface area contributed by atoms with Crippen LogP contribution in [0.3, 0.4) is 0 Å². The number of hydrogen-bond donors (Lipinski definition) is 1. The van der Waals surface area contributed by atoms with Crippen LogP contribution in [0, 0.1) is 5.82 Å². The quantitative estimate of drug-likeness (QED) is 0.491. The Labute approximate surface area is 179 Å². The van der Waals surface area contributed by atoms with Crippen molar-refractivity contribution < 1.29 is 14.2 Å². The number of aryl methyl sites for hydroxylation is 1. The number of fused-ring (bicyclic) bond motifs is 1. The number of rotatable bonds is 9. The molecule has 0 atom stereocenters. The van der Waals surface area contributed by atoms with E-state index in [0.717, 1.165) is 24.3 Å². The lowest BCUT2D eigenvalue weighted by Gasteiger charge is -2.23. The SMILES string of the molecule is CCN(CC)c1cc(F)cc2nc(COc3ccc(Cl)cc3Cl)n(CCCO)c12. The maximum Gasteiger partial charge on any atom is 0.148 e. The topological polar surface area (TPSA) is 50.5 Å². The van der Waals surface area contributed by atoms with Crippen molar-refractivity contribution in [3.05, 3.63) is 52.0 Å². The molecule has 0 fully saturated rings. The highest BCUT2D eigenvalue weighted by molar-refractivity contribution is 6.35. The van der Waals surface area contributed by atoms with Gasteiger partial charge in [-0.1, -0.05) is 23.2 Å². The highest BCUT2D eigenvalue weighted by atomic mass is 35.5. The summed E-state index contributed by atoms with van der Waals surface area (Å²) in [5.41, 5.74) is 2.18. The van der Waals surface area contributed by atoms with Gasteiger partial charge in [0.15, 0.2) is 0 Å². The van der Waals surface area contributed by atoms with Crippen LogP contribution in [0.15, 0.2) is 30.3 Å². The highest BCUT2D eigenvalue weighted by Crippen LogP contribution is 2.32. The molecule has 3 aromatic rings. The van der Waals surface area contributed by atoms with E-state index in [1.54, 1.807) is 18.2 Å². The van der Waals surface area contributed by atoms with E-state index < -0.39 is 0 Å². The number of ether oxygens (including phenoxy) is 1. The number of benzene rings is 2. The first-order chi connectivity index (χ1) is 14.0. The number of hydrogen-bond acceptors (Lipinski definition) is 4. The Balaban J connectivity index is 2.04. The van der Waals surface area contributed by atoms with Crippen LogP contribution in [0.25, 0.3) is 11.0 Å². The van der Waals surface area contributed by atoms with Crippen LogP contribution in [0.1, 0.15) is 26.1 Å². The van der Waals surface area contributed by atoms with Gasteiger partial charge in [0.2, 0.25) is 0 Å². The van der Waals surface area contributed by atoms with Gasteiger partial charge < -0.3 is 19.3 Å². The lowest BCUT2D eigenvalue weighted by molar-refractivity contribution is 0.270. The van der Waals surface area contributed by atoms with Gasteiger partial charge in [0.1, 0.15) is 24.0 Å². The second-order valence-corrected chi connectivity index (χ2v) is 7.43. The molecule has 29 heavy (non-hydrogen) atoms. The van der Waals surface area contributed by atoms with Gasteiger partial charge in [-0.25, -0.2) is 9.37 Å². The van der Waals surface area contributed by atoms with E-state index in [0.29, 0.717) is 40.1 Å². The smallest absolute Gasteiger partial charge is 0.148 e. The predicted octanol–water partition coefficient (Wildman–Crippen LogP) is 5.29. The number of nitrogens with zero attached hydrogens (tertiary/aromatic N) is 3. The first-order valence-electron chi connectivity index (χ1n) is 9.60. The summed E-state index contributed by atoms with van der Waals surface area (Å²) in [6.45, 7) is 6.28. The van der Waals surface area contributed by atoms with Crippen LogP contribution in [0.5, 0.6) is 5.75 Å². The highest BCUT2D eigenvalue weighted by Gasteiger charge is 2.19. The molecule has 5 nitrogen and oxygen atoms in total. The van der Waals surface area contributed by atoms with Crippen LogP contribution in [0.2, 0.25) is 10.0 Å². The third-order valence-corrected chi connectivity index (χ3v) is 5.29. The lowest BCUT2D eigenvalue weighted by atomic mass is 10.2. The average molecular weight is 440 g/mol. The number of imidazole rings is 1. The van der Waals surface area contributed by atoms with E-state index >= 15 is 0 Å². The van der Waals surface area contributed by atoms with Gasteiger partial charge in [-0.05, 0) is 44.5 Å². The first kappa shape index (κ1) is 21.7. The lowest BCUT2D eigenvalue weighted by Crippen LogP contribution is -2.23. The van der Waals surface area contributed by atoms with Gasteiger partial charge in [-0.15, -0.1) is 0 Å². The summed E-state index contributed by atoms with van der Waals surface area (Å²) in [6.07, 6.45) is 0.551. The molecule has 0 radical (unpaired) electrons. The molecule has 2 aromatic carbocycles. The predicted molar refractivity (Wildman–Crippen MR) is 116 cm³/mol. The molecule has 1 N–H and O–H groups in total. The van der Waals surface area contributed by atoms with E-state index in [1.807, 2.05) is 18.4 Å². The molecular weight excluding hydrogens is 416 g/mol. The van der Waals surface area contributed by atoms with Gasteiger partial charge >= 0.3 is 0 Å². The van der Waals surface area contributed by atoms with Crippen molar-refractivity contribution in [2.24, 2.45) is 0 Å². The summed E-state index contributed by atoms with van der Waals surface area (Å²) in [5.74, 6) is 0.796. The third kappa shape index (κ3) is 4.77. The Kier molecular flexibility index (Phi) is 7.22. The molecule has 0 aliphatic rings. The number of halogens is 3. The van der Waals surface area contributed by atoms with Gasteiger partial charge in [0.25, 0.3) is 0 Å². The van der Waals surface area contributed by atoms with E-state index in [-0.39, 0.29) is 19.0 Å². The van der Waals surface area contributed by atoms with Crippen molar-refractivity contribution in [1.82, 2.24) is 9.55 Å². The first-order valence-corrected chi connectivity index (χ1v) is 10.4. The zero-order chi connectivity index (χ0) is 21.0. The standard InChI is InChI=1S/C21H24Cl2FN3O2/c1-3-26(4-2)18-12-15(24)11-17-21(18)27(8-5-9-28)20(25-17)13-29-19-7-6-14(22)10-16(19)23/h6-7,10-12,28H,3-5,8-9,13H2,1-2H3. The number of aromatic nitrogens is 2. The molecule has 1 aromatic heterocycles. The molecule has 3 rings (SSSR count). The Bertz CT molecular complexity index is 990. The van der Waals surface area contributed by atoms with Crippen LogP contribution < -0.4 is 9.64 Å². The van der Waals surface area contributed by atoms with E-state index in [4.69, 9.17) is 27.9 Å². The molecule has 0 spiro atoms. The van der Waals surface area contributed by atoms with Crippen LogP contribution >= 0.6 is 23.2 Å². The van der Waals surface area contributed by atoms with Gasteiger partial charge in [-0.2, -0.15) is 0 Å². The summed E-state index contributed by atoms with van der Waals surface area (Å²) in [6, 6.07) is 7.97. The van der Waals surface area contributed by atoms with E-state index in [1.165, 1.54) is 12.1 Å². The van der Waals surface area contributed by atoms with Gasteiger partial charge in [0, 0.05) is 37.3 Å². The molecule has 156 valence electrons. The molecular formula is C21H24Cl2FN3O2. The maximum atomic E-state index is 14.3. The summed E-state index contributed by atoms with van der Waals surface area (Å²) in [4.78, 5) is 6.71. The monoisotopic (exact) mass is 439 g/mol. The zero-order valence-corrected chi connectivity index (χ0v) is 18.0. The number of anilines is 1. The Hall–Kier alpha value is -2.02. The number of aliphatic hydroxyl groups is 1. The molecule has 0 saturated heterocycles. The molecule has 0 aliphatic carbocycles. The summed E-state index contributed by atoms with van der Waals surface area (Å²) >= 11 is 12.1. The van der Waals surface area contributed by atoms with Crippen molar-refractivity contribution in [3.8, 4) is 5.75 Å². The molecule has 1 heterocycles.